The predicted octanol–water partition coefficient (Wildman–Crippen LogP) is 2.35. The van der Waals surface area contributed by atoms with Crippen LogP contribution in [0.25, 0.3) is 16.8 Å². The van der Waals surface area contributed by atoms with Crippen molar-refractivity contribution in [1.82, 2.24) is 29.3 Å². The van der Waals surface area contributed by atoms with Crippen LogP contribution in [0.15, 0.2) is 18.5 Å². The number of nitrogens with zero attached hydrogens (tertiary/aromatic N) is 4. The van der Waals surface area contributed by atoms with E-state index in [4.69, 9.17) is 0 Å². The molecule has 0 bridgehead atoms. The highest BCUT2D eigenvalue weighted by Crippen LogP contribution is 2.40. The van der Waals surface area contributed by atoms with E-state index in [-0.39, 0.29) is 17.2 Å². The van der Waals surface area contributed by atoms with Crippen molar-refractivity contribution in [3.8, 4) is 0 Å². The lowest BCUT2D eigenvalue weighted by Gasteiger charge is -2.17. The molecule has 0 radical (unpaired) electrons. The summed E-state index contributed by atoms with van der Waals surface area (Å²) in [5.41, 5.74) is 2.47. The lowest BCUT2D eigenvalue weighted by Crippen LogP contribution is -2.39. The van der Waals surface area contributed by atoms with Crippen molar-refractivity contribution in [2.45, 2.75) is 62.7 Å². The molecule has 3 atom stereocenters. The summed E-state index contributed by atoms with van der Waals surface area (Å²) in [6.45, 7) is 2.17. The van der Waals surface area contributed by atoms with Gasteiger partial charge in [-0.15, -0.1) is 10.2 Å². The van der Waals surface area contributed by atoms with Crippen LogP contribution in [0.1, 0.15) is 57.2 Å². The zero-order chi connectivity index (χ0) is 18.6. The van der Waals surface area contributed by atoms with Gasteiger partial charge in [0.05, 0.1) is 17.0 Å². The SMILES string of the molecule is C[C@@H]1C[C@H](NS(=O)(=O)C2CCCC2)C[C@@H]1c1nnc2cnc3[nH]ccc3n12. The molecule has 2 N–H and O–H groups in total. The van der Waals surface area contributed by atoms with Crippen LogP contribution in [-0.4, -0.2) is 44.3 Å². The standard InChI is InChI=1S/C18H24N6O2S/c1-11-8-12(23-27(25,26)13-4-2-3-5-13)9-14(11)18-22-21-16-10-20-17-15(24(16)18)6-7-19-17/h6-7,10-14,19,23H,2-5,8-9H2,1H3/t11-,12+,14+/m1/s1. The summed E-state index contributed by atoms with van der Waals surface area (Å²) in [5, 5.41) is 8.52. The van der Waals surface area contributed by atoms with Crippen LogP contribution >= 0.6 is 0 Å². The third kappa shape index (κ3) is 2.84. The van der Waals surface area contributed by atoms with Crippen LogP contribution in [0.4, 0.5) is 0 Å². The maximum absolute atomic E-state index is 12.7. The molecular weight excluding hydrogens is 364 g/mol. The first-order chi connectivity index (χ1) is 13.0. The van der Waals surface area contributed by atoms with Crippen molar-refractivity contribution in [3.05, 3.63) is 24.3 Å². The highest BCUT2D eigenvalue weighted by atomic mass is 32.2. The van der Waals surface area contributed by atoms with E-state index in [0.29, 0.717) is 5.92 Å². The summed E-state index contributed by atoms with van der Waals surface area (Å²) in [6, 6.07) is 1.94. The molecule has 3 aromatic heterocycles. The Hall–Kier alpha value is -2.00. The van der Waals surface area contributed by atoms with Gasteiger partial charge >= 0.3 is 0 Å². The summed E-state index contributed by atoms with van der Waals surface area (Å²) >= 11 is 0. The molecule has 3 aromatic rings. The fourth-order valence-electron chi connectivity index (χ4n) is 4.87. The zero-order valence-electron chi connectivity index (χ0n) is 15.3. The van der Waals surface area contributed by atoms with Crippen LogP contribution in [-0.2, 0) is 10.0 Å². The lowest BCUT2D eigenvalue weighted by atomic mass is 9.97. The zero-order valence-corrected chi connectivity index (χ0v) is 16.1. The lowest BCUT2D eigenvalue weighted by molar-refractivity contribution is 0.505. The first kappa shape index (κ1) is 17.1. The third-order valence-corrected chi connectivity index (χ3v) is 8.26. The average Bonchev–Trinajstić information content (AvgIpc) is 3.40. The molecule has 144 valence electrons. The van der Waals surface area contributed by atoms with E-state index in [1.165, 1.54) is 0 Å². The average molecular weight is 388 g/mol. The minimum absolute atomic E-state index is 0.0356. The normalized spacial score (nSPS) is 27.2. The molecular formula is C18H24N6O2S. The van der Waals surface area contributed by atoms with Crippen molar-refractivity contribution < 1.29 is 8.42 Å². The smallest absolute Gasteiger partial charge is 0.214 e. The molecule has 2 fully saturated rings. The topological polar surface area (TPSA) is 105 Å². The molecule has 0 spiro atoms. The molecule has 0 aliphatic heterocycles. The van der Waals surface area contributed by atoms with Gasteiger partial charge in [-0.05, 0) is 37.7 Å². The summed E-state index contributed by atoms with van der Waals surface area (Å²) in [6.07, 6.45) is 8.76. The molecule has 2 aliphatic rings. The van der Waals surface area contributed by atoms with E-state index in [0.717, 1.165) is 61.2 Å². The van der Waals surface area contributed by atoms with Gasteiger partial charge in [-0.25, -0.2) is 18.1 Å². The molecule has 0 saturated heterocycles. The second kappa shape index (κ2) is 6.27. The minimum atomic E-state index is -3.24. The Morgan fingerprint density at radius 1 is 1.22 bits per heavy atom. The number of hydrogen-bond acceptors (Lipinski definition) is 5. The fraction of sp³-hybridized carbons (Fsp3) is 0.611. The Kier molecular flexibility index (Phi) is 3.98. The summed E-state index contributed by atoms with van der Waals surface area (Å²) < 4.78 is 30.4. The van der Waals surface area contributed by atoms with Crippen molar-refractivity contribution in [2.75, 3.05) is 0 Å². The fourth-order valence-corrected chi connectivity index (χ4v) is 6.67. The van der Waals surface area contributed by atoms with Gasteiger partial charge in [-0.2, -0.15) is 0 Å². The van der Waals surface area contributed by atoms with Crippen LogP contribution < -0.4 is 4.72 Å². The number of aromatic nitrogens is 5. The van der Waals surface area contributed by atoms with E-state index in [9.17, 15) is 8.42 Å². The van der Waals surface area contributed by atoms with Crippen molar-refractivity contribution in [1.29, 1.82) is 0 Å². The van der Waals surface area contributed by atoms with E-state index in [1.807, 2.05) is 16.7 Å². The highest BCUT2D eigenvalue weighted by Gasteiger charge is 2.39. The molecule has 2 saturated carbocycles. The number of sulfonamides is 1. The molecule has 0 aromatic carbocycles. The van der Waals surface area contributed by atoms with Gasteiger partial charge in [0, 0.05) is 18.2 Å². The third-order valence-electron chi connectivity index (χ3n) is 6.25. The van der Waals surface area contributed by atoms with Gasteiger partial charge in [0.2, 0.25) is 10.0 Å². The highest BCUT2D eigenvalue weighted by molar-refractivity contribution is 7.90. The second-order valence-corrected chi connectivity index (χ2v) is 10.0. The van der Waals surface area contributed by atoms with E-state index < -0.39 is 10.0 Å². The Labute approximate surface area is 157 Å². The predicted molar refractivity (Wildman–Crippen MR) is 102 cm³/mol. The van der Waals surface area contributed by atoms with E-state index in [1.54, 1.807) is 6.20 Å². The largest absolute Gasteiger partial charge is 0.345 e. The monoisotopic (exact) mass is 388 g/mol. The van der Waals surface area contributed by atoms with Gasteiger partial charge in [0.15, 0.2) is 11.3 Å². The van der Waals surface area contributed by atoms with Crippen LogP contribution in [0.3, 0.4) is 0 Å². The molecule has 27 heavy (non-hydrogen) atoms. The van der Waals surface area contributed by atoms with Gasteiger partial charge in [-0.1, -0.05) is 19.8 Å². The summed E-state index contributed by atoms with van der Waals surface area (Å²) in [7, 11) is -3.24. The Morgan fingerprint density at radius 3 is 2.85 bits per heavy atom. The number of aromatic amines is 1. The van der Waals surface area contributed by atoms with Crippen molar-refractivity contribution >= 4 is 26.8 Å². The molecule has 9 heteroatoms. The van der Waals surface area contributed by atoms with Crippen LogP contribution in [0.2, 0.25) is 0 Å². The molecule has 3 heterocycles. The van der Waals surface area contributed by atoms with Gasteiger partial charge in [0.1, 0.15) is 5.82 Å². The molecule has 0 unspecified atom stereocenters. The molecule has 2 aliphatic carbocycles. The second-order valence-electron chi connectivity index (χ2n) is 8.04. The molecule has 8 nitrogen and oxygen atoms in total. The molecule has 5 rings (SSSR count). The maximum Gasteiger partial charge on any atom is 0.214 e. The summed E-state index contributed by atoms with van der Waals surface area (Å²) in [5.74, 6) is 1.39. The van der Waals surface area contributed by atoms with Crippen molar-refractivity contribution in [2.24, 2.45) is 5.92 Å². The number of H-pyrrole nitrogens is 1. The summed E-state index contributed by atoms with van der Waals surface area (Å²) in [4.78, 5) is 7.49. The maximum atomic E-state index is 12.7. The number of fused-ring (bicyclic) bond motifs is 3. The number of hydrogen-bond donors (Lipinski definition) is 2. The van der Waals surface area contributed by atoms with Crippen molar-refractivity contribution in [3.63, 3.8) is 0 Å². The van der Waals surface area contributed by atoms with Crippen LogP contribution in [0, 0.1) is 5.92 Å². The van der Waals surface area contributed by atoms with Crippen LogP contribution in [0.5, 0.6) is 0 Å². The minimum Gasteiger partial charge on any atom is -0.345 e. The number of nitrogens with one attached hydrogen (secondary N) is 2. The van der Waals surface area contributed by atoms with Gasteiger partial charge < -0.3 is 4.98 Å². The van der Waals surface area contributed by atoms with E-state index >= 15 is 0 Å². The molecule has 0 amide bonds. The Balaban J connectivity index is 1.43. The Bertz CT molecular complexity index is 1080. The first-order valence-electron chi connectivity index (χ1n) is 9.71. The quantitative estimate of drug-likeness (QED) is 0.714. The first-order valence-corrected chi connectivity index (χ1v) is 11.3. The Morgan fingerprint density at radius 2 is 2.04 bits per heavy atom. The van der Waals surface area contributed by atoms with E-state index in [2.05, 4.69) is 31.8 Å². The van der Waals surface area contributed by atoms with Gasteiger partial charge in [0.25, 0.3) is 0 Å². The number of rotatable bonds is 4. The van der Waals surface area contributed by atoms with Gasteiger partial charge in [-0.3, -0.25) is 4.40 Å².